The summed E-state index contributed by atoms with van der Waals surface area (Å²) in [6, 6.07) is 25.3. The van der Waals surface area contributed by atoms with Crippen LogP contribution in [0.1, 0.15) is 11.1 Å². The summed E-state index contributed by atoms with van der Waals surface area (Å²) < 4.78 is 5.29. The molecule has 5 heteroatoms. The maximum atomic E-state index is 11.9. The Morgan fingerprint density at radius 3 is 2.24 bits per heavy atom. The van der Waals surface area contributed by atoms with Gasteiger partial charge in [0.25, 0.3) is 5.91 Å². The SMILES string of the molecule is O=C(/C=C/c1ccc(-c2ccccc2)cc1)N/N=C/c1ccc(OCCO)cc1. The molecule has 1 amide bonds. The zero-order chi connectivity index (χ0) is 20.3. The fourth-order valence-corrected chi connectivity index (χ4v) is 2.61. The van der Waals surface area contributed by atoms with Crippen molar-refractivity contribution in [2.75, 3.05) is 13.2 Å². The molecule has 0 unspecified atom stereocenters. The first kappa shape index (κ1) is 20.0. The van der Waals surface area contributed by atoms with Crippen molar-refractivity contribution in [3.8, 4) is 16.9 Å². The summed E-state index contributed by atoms with van der Waals surface area (Å²) in [7, 11) is 0. The van der Waals surface area contributed by atoms with Gasteiger partial charge in [0.2, 0.25) is 0 Å². The van der Waals surface area contributed by atoms with Gasteiger partial charge in [-0.3, -0.25) is 4.79 Å². The van der Waals surface area contributed by atoms with Crippen molar-refractivity contribution in [1.82, 2.24) is 5.43 Å². The van der Waals surface area contributed by atoms with E-state index in [2.05, 4.69) is 22.7 Å². The summed E-state index contributed by atoms with van der Waals surface area (Å²) >= 11 is 0. The molecule has 0 radical (unpaired) electrons. The molecule has 0 aliphatic carbocycles. The summed E-state index contributed by atoms with van der Waals surface area (Å²) in [5.74, 6) is 0.359. The highest BCUT2D eigenvalue weighted by Gasteiger charge is 1.97. The third-order valence-corrected chi connectivity index (χ3v) is 4.07. The minimum Gasteiger partial charge on any atom is -0.491 e. The molecular weight excluding hydrogens is 364 g/mol. The fraction of sp³-hybridized carbons (Fsp3) is 0.0833. The Labute approximate surface area is 170 Å². The van der Waals surface area contributed by atoms with E-state index in [1.54, 1.807) is 24.4 Å². The van der Waals surface area contributed by atoms with E-state index in [-0.39, 0.29) is 19.1 Å². The van der Waals surface area contributed by atoms with Crippen LogP contribution >= 0.6 is 0 Å². The average Bonchev–Trinajstić information content (AvgIpc) is 2.78. The minimum absolute atomic E-state index is 0.0278. The fourth-order valence-electron chi connectivity index (χ4n) is 2.61. The van der Waals surface area contributed by atoms with Gasteiger partial charge in [-0.15, -0.1) is 0 Å². The first-order valence-corrected chi connectivity index (χ1v) is 9.25. The number of hydrogen-bond acceptors (Lipinski definition) is 4. The number of hydrazone groups is 1. The predicted octanol–water partition coefficient (Wildman–Crippen LogP) is 3.89. The predicted molar refractivity (Wildman–Crippen MR) is 116 cm³/mol. The van der Waals surface area contributed by atoms with Crippen molar-refractivity contribution in [2.24, 2.45) is 5.10 Å². The first-order valence-electron chi connectivity index (χ1n) is 9.25. The summed E-state index contributed by atoms with van der Waals surface area (Å²) in [5.41, 5.74) is 6.51. The van der Waals surface area contributed by atoms with Crippen molar-refractivity contribution in [3.63, 3.8) is 0 Å². The molecule has 0 aliphatic heterocycles. The molecule has 0 atom stereocenters. The minimum atomic E-state index is -0.309. The number of nitrogens with one attached hydrogen (secondary N) is 1. The molecule has 0 heterocycles. The Morgan fingerprint density at radius 2 is 1.55 bits per heavy atom. The Kier molecular flexibility index (Phi) is 7.32. The number of nitrogens with zero attached hydrogens (tertiary/aromatic N) is 1. The van der Waals surface area contributed by atoms with Crippen LogP contribution in [-0.4, -0.2) is 30.4 Å². The number of hydrogen-bond donors (Lipinski definition) is 2. The topological polar surface area (TPSA) is 70.9 Å². The number of carbonyl (C=O) groups excluding carboxylic acids is 1. The van der Waals surface area contributed by atoms with E-state index in [0.717, 1.165) is 22.3 Å². The zero-order valence-electron chi connectivity index (χ0n) is 15.9. The van der Waals surface area contributed by atoms with Crippen molar-refractivity contribution < 1.29 is 14.6 Å². The molecule has 3 rings (SSSR count). The van der Waals surface area contributed by atoms with Gasteiger partial charge >= 0.3 is 0 Å². The second kappa shape index (κ2) is 10.6. The van der Waals surface area contributed by atoms with Gasteiger partial charge in [0.1, 0.15) is 12.4 Å². The molecule has 0 saturated heterocycles. The second-order valence-electron chi connectivity index (χ2n) is 6.20. The molecule has 0 fully saturated rings. The van der Waals surface area contributed by atoms with E-state index in [1.165, 1.54) is 6.08 Å². The van der Waals surface area contributed by atoms with E-state index < -0.39 is 0 Å². The smallest absolute Gasteiger partial charge is 0.264 e. The molecule has 3 aromatic rings. The van der Waals surface area contributed by atoms with Crippen molar-refractivity contribution >= 4 is 18.2 Å². The Morgan fingerprint density at radius 1 is 0.897 bits per heavy atom. The van der Waals surface area contributed by atoms with Crippen LogP contribution in [0, 0.1) is 0 Å². The largest absolute Gasteiger partial charge is 0.491 e. The van der Waals surface area contributed by atoms with E-state index >= 15 is 0 Å². The highest BCUT2D eigenvalue weighted by Crippen LogP contribution is 2.19. The number of benzene rings is 3. The lowest BCUT2D eigenvalue weighted by molar-refractivity contribution is -0.116. The third-order valence-electron chi connectivity index (χ3n) is 4.07. The molecule has 5 nitrogen and oxygen atoms in total. The molecule has 29 heavy (non-hydrogen) atoms. The molecular formula is C24H22N2O3. The van der Waals surface area contributed by atoms with Crippen LogP contribution in [0.25, 0.3) is 17.2 Å². The number of aliphatic hydroxyl groups excluding tert-OH is 1. The lowest BCUT2D eigenvalue weighted by Gasteiger charge is -2.03. The molecule has 3 aromatic carbocycles. The van der Waals surface area contributed by atoms with Crippen LogP contribution in [0.4, 0.5) is 0 Å². The van der Waals surface area contributed by atoms with Crippen LogP contribution in [0.15, 0.2) is 90.0 Å². The zero-order valence-corrected chi connectivity index (χ0v) is 15.9. The second-order valence-corrected chi connectivity index (χ2v) is 6.20. The van der Waals surface area contributed by atoms with Gasteiger partial charge in [0, 0.05) is 6.08 Å². The summed E-state index contributed by atoms with van der Waals surface area (Å²) in [6.07, 6.45) is 4.74. The lowest BCUT2D eigenvalue weighted by atomic mass is 10.0. The van der Waals surface area contributed by atoms with E-state index in [1.807, 2.05) is 54.6 Å². The summed E-state index contributed by atoms with van der Waals surface area (Å²) in [4.78, 5) is 11.9. The van der Waals surface area contributed by atoms with Crippen LogP contribution in [-0.2, 0) is 4.79 Å². The average molecular weight is 386 g/mol. The molecule has 0 saturated carbocycles. The number of amides is 1. The van der Waals surface area contributed by atoms with Gasteiger partial charge in [0.05, 0.1) is 12.8 Å². The maximum absolute atomic E-state index is 11.9. The van der Waals surface area contributed by atoms with Crippen LogP contribution < -0.4 is 10.2 Å². The van der Waals surface area contributed by atoms with Gasteiger partial charge in [0.15, 0.2) is 0 Å². The van der Waals surface area contributed by atoms with E-state index in [0.29, 0.717) is 5.75 Å². The normalized spacial score (nSPS) is 11.1. The Hall–Kier alpha value is -3.70. The van der Waals surface area contributed by atoms with Crippen molar-refractivity contribution in [1.29, 1.82) is 0 Å². The van der Waals surface area contributed by atoms with Crippen LogP contribution in [0.5, 0.6) is 5.75 Å². The van der Waals surface area contributed by atoms with Gasteiger partial charge < -0.3 is 9.84 Å². The Balaban J connectivity index is 1.50. The quantitative estimate of drug-likeness (QED) is 0.351. The number of rotatable bonds is 8. The first-order chi connectivity index (χ1) is 14.2. The third kappa shape index (κ3) is 6.45. The maximum Gasteiger partial charge on any atom is 0.264 e. The Bertz CT molecular complexity index is 963. The van der Waals surface area contributed by atoms with Crippen LogP contribution in [0.2, 0.25) is 0 Å². The van der Waals surface area contributed by atoms with Gasteiger partial charge in [-0.05, 0) is 52.6 Å². The summed E-state index contributed by atoms with van der Waals surface area (Å²) in [5, 5.41) is 12.7. The number of carbonyl (C=O) groups is 1. The molecule has 0 bridgehead atoms. The van der Waals surface area contributed by atoms with E-state index in [4.69, 9.17) is 9.84 Å². The van der Waals surface area contributed by atoms with E-state index in [9.17, 15) is 4.79 Å². The molecule has 146 valence electrons. The highest BCUT2D eigenvalue weighted by molar-refractivity contribution is 5.92. The molecule has 0 aromatic heterocycles. The highest BCUT2D eigenvalue weighted by atomic mass is 16.5. The standard InChI is InChI=1S/C24H22N2O3/c27-16-17-29-23-13-8-20(9-14-23)18-25-26-24(28)15-10-19-6-11-22(12-7-19)21-4-2-1-3-5-21/h1-15,18,27H,16-17H2,(H,26,28)/b15-10+,25-18+. The van der Waals surface area contributed by atoms with Gasteiger partial charge in [-0.1, -0.05) is 54.6 Å². The van der Waals surface area contributed by atoms with Crippen LogP contribution in [0.3, 0.4) is 0 Å². The monoisotopic (exact) mass is 386 g/mol. The number of ether oxygens (including phenoxy) is 1. The lowest BCUT2D eigenvalue weighted by Crippen LogP contribution is -2.14. The van der Waals surface area contributed by atoms with Gasteiger partial charge in [-0.25, -0.2) is 5.43 Å². The molecule has 0 aliphatic rings. The van der Waals surface area contributed by atoms with Crippen molar-refractivity contribution in [3.05, 3.63) is 96.1 Å². The summed E-state index contributed by atoms with van der Waals surface area (Å²) in [6.45, 7) is 0.227. The van der Waals surface area contributed by atoms with Gasteiger partial charge in [-0.2, -0.15) is 5.10 Å². The van der Waals surface area contributed by atoms with Crippen molar-refractivity contribution in [2.45, 2.75) is 0 Å². The number of aliphatic hydroxyl groups is 1. The molecule has 2 N–H and O–H groups in total. The molecule has 0 spiro atoms.